The van der Waals surface area contributed by atoms with Crippen LogP contribution in [0.1, 0.15) is 6.92 Å². The maximum Gasteiger partial charge on any atom is 0.182 e. The van der Waals surface area contributed by atoms with Crippen molar-refractivity contribution < 1.29 is 5.11 Å². The number of aromatic amines is 1. The number of hydrogen-bond acceptors (Lipinski definition) is 5. The third-order valence-electron chi connectivity index (χ3n) is 2.20. The molecule has 0 aliphatic carbocycles. The highest BCUT2D eigenvalue weighted by atomic mass is 16.2. The Hall–Kier alpha value is -1.95. The molecule has 0 radical (unpaired) electrons. The Kier molecular flexibility index (Phi) is 3.11. The van der Waals surface area contributed by atoms with Crippen LogP contribution in [0.3, 0.4) is 0 Å². The summed E-state index contributed by atoms with van der Waals surface area (Å²) < 4.78 is 0. The zero-order valence-corrected chi connectivity index (χ0v) is 8.94. The predicted octanol–water partition coefficient (Wildman–Crippen LogP) is 0.703. The van der Waals surface area contributed by atoms with Gasteiger partial charge in [0.25, 0.3) is 0 Å². The second-order valence-corrected chi connectivity index (χ2v) is 3.41. The first kappa shape index (κ1) is 10.6. The summed E-state index contributed by atoms with van der Waals surface area (Å²) in [5.74, 6) is 0.716. The minimum atomic E-state index is 0.0523. The number of aliphatic hydroxyl groups excluding tert-OH is 1. The van der Waals surface area contributed by atoms with Crippen molar-refractivity contribution in [3.8, 4) is 0 Å². The molecule has 0 aromatic carbocycles. The number of aliphatic hydroxyl groups is 1. The molecule has 0 spiro atoms. The molecular weight excluding hydrogens is 206 g/mol. The number of H-pyrrole nitrogens is 1. The van der Waals surface area contributed by atoms with Gasteiger partial charge in [-0.15, -0.1) is 0 Å². The maximum atomic E-state index is 8.73. The lowest BCUT2D eigenvalue weighted by molar-refractivity contribution is 0.341. The highest BCUT2D eigenvalue weighted by molar-refractivity contribution is 5.81. The van der Waals surface area contributed by atoms with Crippen molar-refractivity contribution in [3.63, 3.8) is 0 Å². The first-order valence-electron chi connectivity index (χ1n) is 4.95. The fourth-order valence-electron chi connectivity index (χ4n) is 1.35. The molecule has 2 rings (SSSR count). The number of nitrogens with zero attached hydrogens (tertiary/aromatic N) is 3. The molecule has 84 valence electrons. The zero-order valence-electron chi connectivity index (χ0n) is 8.94. The number of hydrogen-bond donors (Lipinski definition) is 3. The van der Waals surface area contributed by atoms with Crippen molar-refractivity contribution in [1.29, 1.82) is 0 Å². The molecule has 6 nitrogen and oxygen atoms in total. The summed E-state index contributed by atoms with van der Waals surface area (Å²) in [4.78, 5) is 15.2. The zero-order chi connectivity index (χ0) is 11.4. The number of rotatable bonds is 4. The van der Waals surface area contributed by atoms with Crippen LogP contribution in [0.25, 0.3) is 11.2 Å². The molecule has 16 heavy (non-hydrogen) atoms. The lowest BCUT2D eigenvalue weighted by Gasteiger charge is -2.05. The maximum absolute atomic E-state index is 8.73. The van der Waals surface area contributed by atoms with E-state index >= 15 is 0 Å². The quantitative estimate of drug-likeness (QED) is 0.659. The van der Waals surface area contributed by atoms with E-state index in [0.29, 0.717) is 18.0 Å². The van der Waals surface area contributed by atoms with Crippen LogP contribution in [0.2, 0.25) is 0 Å². The van der Waals surface area contributed by atoms with Gasteiger partial charge in [0, 0.05) is 6.54 Å². The first-order valence-corrected chi connectivity index (χ1v) is 4.95. The van der Waals surface area contributed by atoms with Gasteiger partial charge in [0.1, 0.15) is 11.8 Å². The van der Waals surface area contributed by atoms with Gasteiger partial charge < -0.3 is 15.4 Å². The highest BCUT2D eigenvalue weighted by Gasteiger charge is 2.04. The van der Waals surface area contributed by atoms with E-state index in [1.807, 2.05) is 6.92 Å². The van der Waals surface area contributed by atoms with Crippen LogP contribution in [0, 0.1) is 0 Å². The van der Waals surface area contributed by atoms with Gasteiger partial charge >= 0.3 is 0 Å². The van der Waals surface area contributed by atoms with E-state index < -0.39 is 0 Å². The molecule has 2 heterocycles. The summed E-state index contributed by atoms with van der Waals surface area (Å²) in [6, 6.07) is 0. The second kappa shape index (κ2) is 4.71. The largest absolute Gasteiger partial charge is 0.392 e. The van der Waals surface area contributed by atoms with Gasteiger partial charge in [0.15, 0.2) is 11.5 Å². The molecule has 0 unspecified atom stereocenters. The average Bonchev–Trinajstić information content (AvgIpc) is 2.75. The van der Waals surface area contributed by atoms with E-state index in [9.17, 15) is 0 Å². The van der Waals surface area contributed by atoms with Gasteiger partial charge in [-0.05, 0) is 6.92 Å². The van der Waals surface area contributed by atoms with Crippen LogP contribution in [0.15, 0.2) is 24.3 Å². The monoisotopic (exact) mass is 219 g/mol. The van der Waals surface area contributed by atoms with Crippen molar-refractivity contribution in [3.05, 3.63) is 24.3 Å². The molecule has 0 aliphatic heterocycles. The summed E-state index contributed by atoms with van der Waals surface area (Å²) in [5.41, 5.74) is 2.48. The van der Waals surface area contributed by atoms with Crippen LogP contribution in [0.5, 0.6) is 0 Å². The average molecular weight is 219 g/mol. The Bertz CT molecular complexity index is 505. The fraction of sp³-hybridized carbons (Fsp3) is 0.300. The van der Waals surface area contributed by atoms with Gasteiger partial charge in [0.2, 0.25) is 0 Å². The van der Waals surface area contributed by atoms with Crippen molar-refractivity contribution in [2.24, 2.45) is 0 Å². The van der Waals surface area contributed by atoms with Crippen molar-refractivity contribution in [2.75, 3.05) is 18.5 Å². The summed E-state index contributed by atoms with van der Waals surface area (Å²) in [6.07, 6.45) is 4.80. The Morgan fingerprint density at radius 1 is 1.50 bits per heavy atom. The Balaban J connectivity index is 2.15. The Labute approximate surface area is 92.5 Å². The smallest absolute Gasteiger partial charge is 0.182 e. The van der Waals surface area contributed by atoms with E-state index in [2.05, 4.69) is 25.3 Å². The third kappa shape index (κ3) is 2.17. The second-order valence-electron chi connectivity index (χ2n) is 3.41. The number of aromatic nitrogens is 4. The molecule has 0 aliphatic rings. The molecule has 2 aromatic rings. The lowest BCUT2D eigenvalue weighted by Crippen LogP contribution is -2.05. The first-order chi connectivity index (χ1) is 7.81. The minimum Gasteiger partial charge on any atom is -0.392 e. The number of imidazole rings is 1. The molecule has 0 saturated carbocycles. The van der Waals surface area contributed by atoms with Gasteiger partial charge in [-0.2, -0.15) is 0 Å². The van der Waals surface area contributed by atoms with Crippen molar-refractivity contribution >= 4 is 17.0 Å². The summed E-state index contributed by atoms with van der Waals surface area (Å²) in [6.45, 7) is 2.62. The SMILES string of the molecule is CC(=CCO)CNc1ncnc2nc[nH]c12. The van der Waals surface area contributed by atoms with Crippen molar-refractivity contribution in [1.82, 2.24) is 19.9 Å². The summed E-state index contributed by atoms with van der Waals surface area (Å²) in [5, 5.41) is 11.9. The third-order valence-corrected chi connectivity index (χ3v) is 2.20. The topological polar surface area (TPSA) is 86.7 Å². The van der Waals surface area contributed by atoms with Crippen LogP contribution >= 0.6 is 0 Å². The van der Waals surface area contributed by atoms with Crippen LogP contribution in [0.4, 0.5) is 5.82 Å². The lowest BCUT2D eigenvalue weighted by atomic mass is 10.3. The van der Waals surface area contributed by atoms with Crippen LogP contribution < -0.4 is 5.32 Å². The predicted molar refractivity (Wildman–Crippen MR) is 61.0 cm³/mol. The fourth-order valence-corrected chi connectivity index (χ4v) is 1.35. The minimum absolute atomic E-state index is 0.0523. The standard InChI is InChI=1S/C10H13N5O/c1-7(2-3-16)4-11-9-8-10(13-5-12-8)15-6-14-9/h2,5-6,16H,3-4H2,1H3,(H2,11,12,13,14,15). The molecule has 0 atom stereocenters. The molecule has 3 N–H and O–H groups in total. The molecule has 0 saturated heterocycles. The molecular formula is C10H13N5O. The highest BCUT2D eigenvalue weighted by Crippen LogP contribution is 2.14. The van der Waals surface area contributed by atoms with Crippen LogP contribution in [-0.2, 0) is 0 Å². The Morgan fingerprint density at radius 2 is 2.38 bits per heavy atom. The summed E-state index contributed by atoms with van der Waals surface area (Å²) >= 11 is 0. The summed E-state index contributed by atoms with van der Waals surface area (Å²) in [7, 11) is 0. The van der Waals surface area contributed by atoms with E-state index in [4.69, 9.17) is 5.11 Å². The number of fused-ring (bicyclic) bond motifs is 1. The van der Waals surface area contributed by atoms with E-state index in [0.717, 1.165) is 11.1 Å². The molecule has 2 aromatic heterocycles. The van der Waals surface area contributed by atoms with E-state index in [1.165, 1.54) is 6.33 Å². The number of nitrogens with one attached hydrogen (secondary N) is 2. The van der Waals surface area contributed by atoms with E-state index in [-0.39, 0.29) is 6.61 Å². The number of anilines is 1. The van der Waals surface area contributed by atoms with Gasteiger partial charge in [-0.3, -0.25) is 0 Å². The van der Waals surface area contributed by atoms with Crippen LogP contribution in [-0.4, -0.2) is 38.2 Å². The van der Waals surface area contributed by atoms with Gasteiger partial charge in [0.05, 0.1) is 12.9 Å². The van der Waals surface area contributed by atoms with Crippen molar-refractivity contribution in [2.45, 2.75) is 6.92 Å². The molecule has 6 heteroatoms. The van der Waals surface area contributed by atoms with Gasteiger partial charge in [-0.1, -0.05) is 11.6 Å². The Morgan fingerprint density at radius 3 is 3.19 bits per heavy atom. The molecule has 0 fully saturated rings. The van der Waals surface area contributed by atoms with Gasteiger partial charge in [-0.25, -0.2) is 15.0 Å². The molecule has 0 bridgehead atoms. The van der Waals surface area contributed by atoms with E-state index in [1.54, 1.807) is 12.4 Å². The molecule has 0 amide bonds. The normalized spacial score (nSPS) is 12.0.